The maximum atomic E-state index is 14.0. The molecule has 1 N–H and O–H groups in total. The quantitative estimate of drug-likeness (QED) is 0.461. The van der Waals surface area contributed by atoms with Crippen molar-refractivity contribution >= 4 is 23.4 Å². The van der Waals surface area contributed by atoms with Crippen molar-refractivity contribution in [1.82, 2.24) is 4.90 Å². The Morgan fingerprint density at radius 1 is 0.892 bits per heavy atom. The van der Waals surface area contributed by atoms with Crippen LogP contribution in [0.3, 0.4) is 0 Å². The Morgan fingerprint density at radius 3 is 2.24 bits per heavy atom. The van der Waals surface area contributed by atoms with Crippen molar-refractivity contribution in [1.29, 1.82) is 0 Å². The molecule has 5 aliphatic rings. The Kier molecular flexibility index (Phi) is 5.59. The molecule has 0 bridgehead atoms. The summed E-state index contributed by atoms with van der Waals surface area (Å²) in [7, 11) is 0. The van der Waals surface area contributed by atoms with E-state index in [0.717, 1.165) is 43.2 Å². The molecule has 0 radical (unpaired) electrons. The number of fused-ring (bicyclic) bond motifs is 4. The highest BCUT2D eigenvalue weighted by Gasteiger charge is 2.64. The molecule has 2 saturated carbocycles. The molecule has 2 amide bonds. The monoisotopic (exact) mass is 501 g/mol. The number of ketones is 2. The van der Waals surface area contributed by atoms with Crippen LogP contribution in [0.4, 0.5) is 0 Å². The molecule has 0 unspecified atom stereocenters. The van der Waals surface area contributed by atoms with Gasteiger partial charge in [-0.25, -0.2) is 0 Å². The number of aromatic hydroxyl groups is 1. The van der Waals surface area contributed by atoms with E-state index in [1.54, 1.807) is 30.9 Å². The smallest absolute Gasteiger partial charge is 0.233 e. The van der Waals surface area contributed by atoms with Gasteiger partial charge in [-0.3, -0.25) is 24.1 Å². The molecule has 1 aromatic carbocycles. The van der Waals surface area contributed by atoms with Gasteiger partial charge in [-0.1, -0.05) is 50.0 Å². The molecular formula is C31H35NO5. The molecule has 6 rings (SSSR count). The lowest BCUT2D eigenvalue weighted by molar-refractivity contribution is -0.144. The second kappa shape index (κ2) is 8.50. The maximum Gasteiger partial charge on any atom is 0.233 e. The van der Waals surface area contributed by atoms with Gasteiger partial charge in [0.2, 0.25) is 11.8 Å². The first-order chi connectivity index (χ1) is 17.7. The summed E-state index contributed by atoms with van der Waals surface area (Å²) in [5, 5.41) is 9.96. The summed E-state index contributed by atoms with van der Waals surface area (Å²) in [5.74, 6) is -2.13. The Labute approximate surface area is 217 Å². The van der Waals surface area contributed by atoms with Crippen molar-refractivity contribution in [3.63, 3.8) is 0 Å². The number of benzene rings is 1. The van der Waals surface area contributed by atoms with Gasteiger partial charge in [0.05, 0.1) is 17.3 Å². The lowest BCUT2D eigenvalue weighted by Gasteiger charge is -2.54. The third-order valence-electron chi connectivity index (χ3n) is 10.4. The number of carbonyl (C=O) groups excluding carboxylic acids is 4. The van der Waals surface area contributed by atoms with Gasteiger partial charge in [-0.15, -0.1) is 0 Å². The molecule has 3 fully saturated rings. The van der Waals surface area contributed by atoms with Crippen molar-refractivity contribution in [2.24, 2.45) is 29.1 Å². The van der Waals surface area contributed by atoms with Crippen molar-refractivity contribution in [2.75, 3.05) is 0 Å². The zero-order chi connectivity index (χ0) is 26.2. The van der Waals surface area contributed by atoms with Gasteiger partial charge in [0.15, 0.2) is 11.6 Å². The minimum absolute atomic E-state index is 0.0183. The van der Waals surface area contributed by atoms with Crippen molar-refractivity contribution in [3.8, 4) is 5.75 Å². The standard InChI is InChI=1S/C31H35NO5/c1-16-17(2)28(35)31(3)24(27(16)34)15-23-21(26(31)18-9-11-20(33)12-10-18)13-14-22-25(23)30(37)32(29(22)36)19-7-5-4-6-8-19/h9-13,19,22-26,33H,4-8,14-15H2,1-3H3/t22-,23+,24-,25-,26-,31+/m0/s1. The number of phenolic OH excluding ortho intramolecular Hbond substituents is 1. The predicted octanol–water partition coefficient (Wildman–Crippen LogP) is 4.87. The first-order valence-electron chi connectivity index (χ1n) is 13.8. The average molecular weight is 502 g/mol. The molecule has 6 atom stereocenters. The van der Waals surface area contributed by atoms with E-state index in [1.165, 1.54) is 0 Å². The summed E-state index contributed by atoms with van der Waals surface area (Å²) in [6, 6.07) is 6.86. The van der Waals surface area contributed by atoms with Crippen LogP contribution in [0, 0.1) is 29.1 Å². The molecule has 1 aliphatic heterocycles. The highest BCUT2D eigenvalue weighted by atomic mass is 16.3. The van der Waals surface area contributed by atoms with Crippen LogP contribution in [0.15, 0.2) is 47.1 Å². The summed E-state index contributed by atoms with van der Waals surface area (Å²) in [6.45, 7) is 5.38. The summed E-state index contributed by atoms with van der Waals surface area (Å²) >= 11 is 0. The first-order valence-corrected chi connectivity index (χ1v) is 13.8. The van der Waals surface area contributed by atoms with Gasteiger partial charge in [0.25, 0.3) is 0 Å². The number of phenols is 1. The van der Waals surface area contributed by atoms with E-state index in [-0.39, 0.29) is 47.0 Å². The zero-order valence-corrected chi connectivity index (χ0v) is 21.8. The van der Waals surface area contributed by atoms with Gasteiger partial charge in [-0.05, 0) is 74.3 Å². The highest BCUT2D eigenvalue weighted by Crippen LogP contribution is 2.63. The highest BCUT2D eigenvalue weighted by molar-refractivity contribution is 6.16. The number of hydrogen-bond acceptors (Lipinski definition) is 5. The van der Waals surface area contributed by atoms with E-state index in [4.69, 9.17) is 0 Å². The number of allylic oxidation sites excluding steroid dienone is 4. The van der Waals surface area contributed by atoms with Gasteiger partial charge in [0, 0.05) is 17.9 Å². The van der Waals surface area contributed by atoms with Gasteiger partial charge >= 0.3 is 0 Å². The van der Waals surface area contributed by atoms with Crippen molar-refractivity contribution in [3.05, 3.63) is 52.6 Å². The van der Waals surface area contributed by atoms with E-state index < -0.39 is 23.2 Å². The Morgan fingerprint density at radius 2 is 1.57 bits per heavy atom. The molecular weight excluding hydrogens is 466 g/mol. The van der Waals surface area contributed by atoms with E-state index >= 15 is 0 Å². The molecule has 6 nitrogen and oxygen atoms in total. The van der Waals surface area contributed by atoms with Crippen LogP contribution >= 0.6 is 0 Å². The third kappa shape index (κ3) is 3.30. The number of Topliss-reactive ketones (excluding diaryl/α,β-unsaturated/α-hetero) is 2. The molecule has 1 saturated heterocycles. The van der Waals surface area contributed by atoms with Crippen molar-refractivity contribution in [2.45, 2.75) is 77.7 Å². The zero-order valence-electron chi connectivity index (χ0n) is 21.8. The van der Waals surface area contributed by atoms with Gasteiger partial charge < -0.3 is 5.11 Å². The van der Waals surface area contributed by atoms with E-state index in [2.05, 4.69) is 6.08 Å². The normalized spacial score (nSPS) is 36.4. The number of likely N-dealkylation sites (tertiary alicyclic amines) is 1. The van der Waals surface area contributed by atoms with Crippen molar-refractivity contribution < 1.29 is 24.3 Å². The van der Waals surface area contributed by atoms with Gasteiger partial charge in [0.1, 0.15) is 5.75 Å². The van der Waals surface area contributed by atoms with Crippen LogP contribution in [0.1, 0.15) is 77.2 Å². The molecule has 0 aromatic heterocycles. The molecule has 1 aromatic rings. The second-order valence-electron chi connectivity index (χ2n) is 12.1. The predicted molar refractivity (Wildman–Crippen MR) is 137 cm³/mol. The number of rotatable bonds is 2. The summed E-state index contributed by atoms with van der Waals surface area (Å²) in [5.41, 5.74) is 1.90. The number of carbonyl (C=O) groups is 4. The molecule has 0 spiro atoms. The van der Waals surface area contributed by atoms with Crippen LogP contribution < -0.4 is 0 Å². The largest absolute Gasteiger partial charge is 0.508 e. The van der Waals surface area contributed by atoms with Crippen LogP contribution in [0.5, 0.6) is 5.75 Å². The van der Waals surface area contributed by atoms with E-state index in [0.29, 0.717) is 24.0 Å². The summed E-state index contributed by atoms with van der Waals surface area (Å²) in [6.07, 6.45) is 7.94. The second-order valence-corrected chi connectivity index (χ2v) is 12.1. The third-order valence-corrected chi connectivity index (χ3v) is 10.4. The number of nitrogens with zero attached hydrogens (tertiary/aromatic N) is 1. The van der Waals surface area contributed by atoms with Gasteiger partial charge in [-0.2, -0.15) is 0 Å². The Bertz CT molecular complexity index is 1270. The van der Waals surface area contributed by atoms with Crippen LogP contribution in [-0.4, -0.2) is 39.4 Å². The minimum atomic E-state index is -0.985. The van der Waals surface area contributed by atoms with E-state index in [9.17, 15) is 24.3 Å². The summed E-state index contributed by atoms with van der Waals surface area (Å²) in [4.78, 5) is 56.8. The Hall–Kier alpha value is -3.02. The average Bonchev–Trinajstić information content (AvgIpc) is 3.16. The first kappa shape index (κ1) is 24.3. The summed E-state index contributed by atoms with van der Waals surface area (Å²) < 4.78 is 0. The molecule has 37 heavy (non-hydrogen) atoms. The topological polar surface area (TPSA) is 91.8 Å². The lowest BCUT2D eigenvalue weighted by Crippen LogP contribution is -2.55. The van der Waals surface area contributed by atoms with Crippen LogP contribution in [0.25, 0.3) is 0 Å². The minimum Gasteiger partial charge on any atom is -0.508 e. The number of hydrogen-bond donors (Lipinski definition) is 1. The number of amides is 2. The Balaban J connectivity index is 1.48. The van der Waals surface area contributed by atoms with E-state index in [1.807, 2.05) is 19.1 Å². The molecule has 194 valence electrons. The molecule has 6 heteroatoms. The van der Waals surface area contributed by atoms with Crippen LogP contribution in [0.2, 0.25) is 0 Å². The molecule has 1 heterocycles. The lowest BCUT2D eigenvalue weighted by atomic mass is 9.46. The molecule has 4 aliphatic carbocycles. The number of imide groups is 1. The fourth-order valence-electron chi connectivity index (χ4n) is 8.35. The fourth-order valence-corrected chi connectivity index (χ4v) is 8.35. The van der Waals surface area contributed by atoms with Crippen LogP contribution in [-0.2, 0) is 19.2 Å². The SMILES string of the molecule is CC1=C(C)C(=O)[C@@]2(C)[C@@H](c3ccc(O)cc3)C3=CC[C@@H]4C(=O)N(C5CCCCC5)C(=O)[C@@H]4[C@@H]3C[C@H]2C1=O. The maximum absolute atomic E-state index is 14.0. The fraction of sp³-hybridized carbons (Fsp3) is 0.548.